The summed E-state index contributed by atoms with van der Waals surface area (Å²) in [6.07, 6.45) is 0. The van der Waals surface area contributed by atoms with Crippen molar-refractivity contribution in [2.75, 3.05) is 5.75 Å². The van der Waals surface area contributed by atoms with Crippen molar-refractivity contribution >= 4 is 10.6 Å². The Morgan fingerprint density at radius 2 is 1.89 bits per heavy atom. The van der Waals surface area contributed by atoms with E-state index in [4.69, 9.17) is 0 Å². The molecule has 0 aliphatic carbocycles. The normalized spacial score (nSPS) is 16.0. The summed E-state index contributed by atoms with van der Waals surface area (Å²) in [5.74, 6) is 0.659. The smallest absolute Gasteiger partial charge is 0.0616 e. The zero-order chi connectivity index (χ0) is 7.49. The molecule has 0 aromatic carbocycles. The van der Waals surface area contributed by atoms with Crippen LogP contribution in [0.1, 0.15) is 27.7 Å². The van der Waals surface area contributed by atoms with Crippen LogP contribution in [0.25, 0.3) is 0 Å². The average molecular weight is 149 g/mol. The monoisotopic (exact) mass is 149 g/mol. The molecule has 0 aromatic rings. The highest BCUT2D eigenvalue weighted by molar-refractivity contribution is 7.74. The van der Waals surface area contributed by atoms with Crippen LogP contribution in [0.5, 0.6) is 0 Å². The van der Waals surface area contributed by atoms with Gasteiger partial charge >= 0.3 is 0 Å². The minimum atomic E-state index is -1.29. The van der Waals surface area contributed by atoms with Crippen molar-refractivity contribution in [1.29, 1.82) is 0 Å². The van der Waals surface area contributed by atoms with Crippen molar-refractivity contribution in [1.82, 2.24) is 0 Å². The molecule has 0 aliphatic rings. The molecule has 0 aromatic heterocycles. The summed E-state index contributed by atoms with van der Waals surface area (Å²) in [6.45, 7) is 7.75. The number of hydrogen-bond donors (Lipinski definition) is 1. The molecule has 0 fully saturated rings. The molecule has 1 unspecified atom stereocenters. The second-order valence-corrected chi connectivity index (χ2v) is 4.48. The maximum Gasteiger partial charge on any atom is 0.0616 e. The lowest BCUT2D eigenvalue weighted by Gasteiger charge is -2.09. The first-order valence-electron chi connectivity index (χ1n) is 3.13. The second kappa shape index (κ2) is 3.20. The summed E-state index contributed by atoms with van der Waals surface area (Å²) in [4.78, 5) is 0. The second-order valence-electron chi connectivity index (χ2n) is 2.94. The lowest BCUT2D eigenvalue weighted by Crippen LogP contribution is -2.09. The molecule has 3 heteroatoms. The van der Waals surface area contributed by atoms with E-state index < -0.39 is 10.6 Å². The van der Waals surface area contributed by atoms with Crippen molar-refractivity contribution in [2.45, 2.75) is 33.2 Å². The summed E-state index contributed by atoms with van der Waals surface area (Å²) < 4.78 is 14.8. The Labute approximate surface area is 58.9 Å². The van der Waals surface area contributed by atoms with Gasteiger partial charge < -0.3 is 0 Å². The molecule has 0 bridgehead atoms. The van der Waals surface area contributed by atoms with Crippen LogP contribution >= 0.6 is 0 Å². The number of rotatable bonds is 1. The van der Waals surface area contributed by atoms with Gasteiger partial charge in [-0.15, -0.1) is 0 Å². The van der Waals surface area contributed by atoms with E-state index in [9.17, 15) is 4.21 Å². The fourth-order valence-electron chi connectivity index (χ4n) is 0.405. The maximum absolute atomic E-state index is 10.8. The van der Waals surface area contributed by atoms with Gasteiger partial charge in [0.15, 0.2) is 0 Å². The van der Waals surface area contributed by atoms with Crippen molar-refractivity contribution in [3.05, 3.63) is 0 Å². The van der Waals surface area contributed by atoms with Crippen LogP contribution in [0.4, 0.5) is 0 Å². The molecular formula is C6H15NOS. The Bertz CT molecular complexity index is 151. The van der Waals surface area contributed by atoms with E-state index in [0.29, 0.717) is 5.75 Å². The summed E-state index contributed by atoms with van der Waals surface area (Å²) in [7, 11) is -1.29. The van der Waals surface area contributed by atoms with E-state index in [1.807, 2.05) is 27.7 Å². The van der Waals surface area contributed by atoms with Crippen molar-refractivity contribution < 1.29 is 4.21 Å². The molecule has 0 amide bonds. The molecule has 0 saturated heterocycles. The van der Waals surface area contributed by atoms with Crippen LogP contribution in [-0.4, -0.2) is 15.5 Å². The molecule has 0 spiro atoms. The van der Waals surface area contributed by atoms with E-state index in [1.54, 1.807) is 0 Å². The van der Waals surface area contributed by atoms with E-state index in [-0.39, 0.29) is 5.54 Å². The minimum absolute atomic E-state index is 0.135. The van der Waals surface area contributed by atoms with Crippen LogP contribution < -0.4 is 0 Å². The molecule has 0 radical (unpaired) electrons. The van der Waals surface area contributed by atoms with Crippen molar-refractivity contribution in [3.8, 4) is 0 Å². The molecule has 1 atom stereocenters. The third kappa shape index (κ3) is 5.83. The zero-order valence-electron chi connectivity index (χ0n) is 6.51. The van der Waals surface area contributed by atoms with E-state index in [0.717, 1.165) is 0 Å². The lowest BCUT2D eigenvalue weighted by atomic mass is 10.1. The predicted octanol–water partition coefficient (Wildman–Crippen LogP) is 1.47. The fourth-order valence-corrected chi connectivity index (χ4v) is 1.22. The quantitative estimate of drug-likeness (QED) is 0.562. The summed E-state index contributed by atoms with van der Waals surface area (Å²) in [6, 6.07) is 0. The van der Waals surface area contributed by atoms with E-state index in [1.165, 1.54) is 0 Å². The van der Waals surface area contributed by atoms with Gasteiger partial charge in [-0.25, -0.2) is 4.36 Å². The third-order valence-corrected chi connectivity index (χ3v) is 2.05. The first-order valence-corrected chi connectivity index (χ1v) is 4.53. The van der Waals surface area contributed by atoms with Gasteiger partial charge in [-0.2, -0.15) is 0 Å². The number of nitrogens with zero attached hydrogens (tertiary/aromatic N) is 1. The Balaban J connectivity index is 4.13. The molecule has 9 heavy (non-hydrogen) atoms. The summed E-state index contributed by atoms with van der Waals surface area (Å²) >= 11 is 0. The first kappa shape index (κ1) is 8.95. The van der Waals surface area contributed by atoms with Gasteiger partial charge in [0.05, 0.1) is 5.54 Å². The highest BCUT2D eigenvalue weighted by Crippen LogP contribution is 2.05. The Kier molecular flexibility index (Phi) is 3.18. The Hall–Kier alpha value is -0.0500. The van der Waals surface area contributed by atoms with E-state index >= 15 is 0 Å². The van der Waals surface area contributed by atoms with Crippen LogP contribution in [0.2, 0.25) is 0 Å². The van der Waals surface area contributed by atoms with Gasteiger partial charge in [-0.1, -0.05) is 6.92 Å². The molecule has 0 saturated carbocycles. The molecular weight excluding hydrogens is 134 g/mol. The Morgan fingerprint density at radius 3 is 2.00 bits per heavy atom. The molecule has 0 N–H and O–H groups in total. The van der Waals surface area contributed by atoms with Crippen LogP contribution in [0.3, 0.4) is 0 Å². The fraction of sp³-hybridized carbons (Fsp3) is 1.00. The molecule has 0 aliphatic heterocycles. The van der Waals surface area contributed by atoms with Crippen molar-refractivity contribution in [3.63, 3.8) is 0 Å². The zero-order valence-corrected chi connectivity index (χ0v) is 7.40. The Morgan fingerprint density at radius 1 is 1.44 bits per heavy atom. The molecule has 0 rings (SSSR count). The van der Waals surface area contributed by atoms with E-state index in [2.05, 4.69) is 4.36 Å². The molecule has 0 heterocycles. The van der Waals surface area contributed by atoms with Gasteiger partial charge in [0.25, 0.3) is 0 Å². The number of hydrogen-bond acceptors (Lipinski definition) is 2. The first-order chi connectivity index (χ1) is 3.95. The summed E-state index contributed by atoms with van der Waals surface area (Å²) in [5.41, 5.74) is -0.135. The predicted molar refractivity (Wildman–Crippen MR) is 42.3 cm³/mol. The number of thiol groups is 1. The molecule has 56 valence electrons. The van der Waals surface area contributed by atoms with Crippen LogP contribution in [0, 0.1) is 0 Å². The standard InChI is InChI=1S/C6H15NOS/c1-5-9(8)7-6(2,3)4/h9H,5H2,1-4H3. The maximum atomic E-state index is 10.8. The van der Waals surface area contributed by atoms with Gasteiger partial charge in [-0.05, 0) is 20.8 Å². The van der Waals surface area contributed by atoms with Gasteiger partial charge in [0, 0.05) is 16.3 Å². The third-order valence-electron chi connectivity index (χ3n) is 0.682. The SMILES string of the molecule is CC/[SH](=O)=N/C(C)(C)C. The largest absolute Gasteiger partial charge is 0.253 e. The van der Waals surface area contributed by atoms with Crippen LogP contribution in [-0.2, 0) is 10.6 Å². The van der Waals surface area contributed by atoms with Gasteiger partial charge in [0.2, 0.25) is 0 Å². The van der Waals surface area contributed by atoms with Gasteiger partial charge in [0.1, 0.15) is 0 Å². The summed E-state index contributed by atoms with van der Waals surface area (Å²) in [5, 5.41) is 0. The highest BCUT2D eigenvalue weighted by Gasteiger charge is 2.05. The lowest BCUT2D eigenvalue weighted by molar-refractivity contribution is 0.585. The van der Waals surface area contributed by atoms with Crippen molar-refractivity contribution in [2.24, 2.45) is 4.36 Å². The topological polar surface area (TPSA) is 29.4 Å². The molecule has 2 nitrogen and oxygen atoms in total. The van der Waals surface area contributed by atoms with Crippen LogP contribution in [0.15, 0.2) is 4.36 Å². The highest BCUT2D eigenvalue weighted by atomic mass is 32.2. The average Bonchev–Trinajstić information content (AvgIpc) is 1.62. The minimum Gasteiger partial charge on any atom is -0.253 e. The van der Waals surface area contributed by atoms with Gasteiger partial charge in [-0.3, -0.25) is 4.21 Å².